The number of oxime groups is 1. The van der Waals surface area contributed by atoms with Gasteiger partial charge >= 0.3 is 6.09 Å². The van der Waals surface area contributed by atoms with Crippen LogP contribution in [0, 0.1) is 0 Å². The van der Waals surface area contributed by atoms with E-state index in [0.29, 0.717) is 30.0 Å². The lowest BCUT2D eigenvalue weighted by Gasteiger charge is -1.98. The molecule has 5 nitrogen and oxygen atoms in total. The van der Waals surface area contributed by atoms with Crippen molar-refractivity contribution in [3.05, 3.63) is 0 Å². The molecular formula is C6H9ClN2O3S. The van der Waals surface area contributed by atoms with Gasteiger partial charge in [0.2, 0.25) is 0 Å². The number of hydrogen-bond acceptors (Lipinski definition) is 5. The quantitative estimate of drug-likeness (QED) is 0.441. The number of carbonyl (C=O) groups is 1. The molecule has 0 aliphatic carbocycles. The molecule has 0 aromatic rings. The molecule has 1 rings (SSSR count). The van der Waals surface area contributed by atoms with Crippen LogP contribution in [0.2, 0.25) is 0 Å². The van der Waals surface area contributed by atoms with Gasteiger partial charge in [-0.15, -0.1) is 11.6 Å². The van der Waals surface area contributed by atoms with Crippen molar-refractivity contribution in [2.24, 2.45) is 5.16 Å². The number of hydrogen-bond donors (Lipinski definition) is 1. The topological polar surface area (TPSA) is 59.9 Å². The van der Waals surface area contributed by atoms with Gasteiger partial charge in [-0.3, -0.25) is 4.84 Å². The van der Waals surface area contributed by atoms with Gasteiger partial charge in [0, 0.05) is 12.4 Å². The van der Waals surface area contributed by atoms with Crippen LogP contribution < -0.4 is 5.32 Å². The summed E-state index contributed by atoms with van der Waals surface area (Å²) in [6.45, 7) is 0.780. The van der Waals surface area contributed by atoms with E-state index in [4.69, 9.17) is 16.3 Å². The normalized spacial score (nSPS) is 19.0. The fourth-order valence-corrected chi connectivity index (χ4v) is 1.26. The molecule has 1 aliphatic rings. The van der Waals surface area contributed by atoms with E-state index in [2.05, 4.69) is 15.3 Å². The van der Waals surface area contributed by atoms with Crippen molar-refractivity contribution in [1.82, 2.24) is 5.32 Å². The molecule has 0 atom stereocenters. The largest absolute Gasteiger partial charge is 0.433 e. The standard InChI is InChI=1S/C6H9ClN2O3S/c7-1-2-8-6(10)12-9-5-3-11-4-13-5/h1-4H2,(H,8,10)/b9-5-. The first-order valence-corrected chi connectivity index (χ1v) is 5.13. The molecule has 0 radical (unpaired) electrons. The Labute approximate surface area is 84.8 Å². The van der Waals surface area contributed by atoms with Gasteiger partial charge in [0.15, 0.2) is 0 Å². The van der Waals surface area contributed by atoms with Gasteiger partial charge in [-0.2, -0.15) is 0 Å². The molecule has 1 fully saturated rings. The first-order chi connectivity index (χ1) is 6.33. The monoisotopic (exact) mass is 224 g/mol. The second-order valence-electron chi connectivity index (χ2n) is 2.09. The van der Waals surface area contributed by atoms with Crippen molar-refractivity contribution in [3.8, 4) is 0 Å². The third-order valence-corrected chi connectivity index (χ3v) is 2.13. The van der Waals surface area contributed by atoms with Gasteiger partial charge in [-0.05, 0) is 0 Å². The first kappa shape index (κ1) is 10.6. The number of carbonyl (C=O) groups excluding carboxylic acids is 1. The summed E-state index contributed by atoms with van der Waals surface area (Å²) < 4.78 is 4.97. The molecule has 1 saturated heterocycles. The summed E-state index contributed by atoms with van der Waals surface area (Å²) in [6.07, 6.45) is -0.597. The van der Waals surface area contributed by atoms with Crippen molar-refractivity contribution >= 4 is 34.5 Å². The average Bonchev–Trinajstić information content (AvgIpc) is 2.64. The highest BCUT2D eigenvalue weighted by molar-refractivity contribution is 8.14. The van der Waals surface area contributed by atoms with E-state index in [-0.39, 0.29) is 0 Å². The number of amides is 1. The summed E-state index contributed by atoms with van der Waals surface area (Å²) in [5.41, 5.74) is 0. The second kappa shape index (κ2) is 6.06. The second-order valence-corrected chi connectivity index (χ2v) is 3.46. The van der Waals surface area contributed by atoms with Crippen LogP contribution in [0.5, 0.6) is 0 Å². The summed E-state index contributed by atoms with van der Waals surface area (Å²) in [7, 11) is 0. The van der Waals surface area contributed by atoms with E-state index in [9.17, 15) is 4.79 Å². The first-order valence-electron chi connectivity index (χ1n) is 3.61. The van der Waals surface area contributed by atoms with E-state index in [0.717, 1.165) is 0 Å². The lowest BCUT2D eigenvalue weighted by molar-refractivity contribution is 0.150. The average molecular weight is 225 g/mol. The molecule has 1 heterocycles. The molecule has 0 spiro atoms. The van der Waals surface area contributed by atoms with Gasteiger partial charge in [-0.1, -0.05) is 16.9 Å². The third-order valence-electron chi connectivity index (χ3n) is 1.13. The van der Waals surface area contributed by atoms with E-state index >= 15 is 0 Å². The minimum absolute atomic E-state index is 0.351. The summed E-state index contributed by atoms with van der Waals surface area (Å²) in [5, 5.41) is 6.65. The summed E-state index contributed by atoms with van der Waals surface area (Å²) in [5.74, 6) is 0.912. The maximum atomic E-state index is 10.8. The van der Waals surface area contributed by atoms with Crippen LogP contribution in [0.15, 0.2) is 5.16 Å². The van der Waals surface area contributed by atoms with Crippen LogP contribution in [-0.4, -0.2) is 36.1 Å². The zero-order valence-electron chi connectivity index (χ0n) is 6.79. The van der Waals surface area contributed by atoms with Crippen LogP contribution in [0.4, 0.5) is 4.79 Å². The number of halogens is 1. The highest BCUT2D eigenvalue weighted by Crippen LogP contribution is 2.12. The zero-order chi connectivity index (χ0) is 9.52. The predicted octanol–water partition coefficient (Wildman–Crippen LogP) is 0.986. The Kier molecular flexibility index (Phi) is 4.95. The highest BCUT2D eigenvalue weighted by Gasteiger charge is 2.10. The molecule has 0 aromatic carbocycles. The predicted molar refractivity (Wildman–Crippen MR) is 51.0 cm³/mol. The molecule has 0 unspecified atom stereocenters. The third kappa shape index (κ3) is 4.35. The van der Waals surface area contributed by atoms with E-state index in [1.54, 1.807) is 0 Å². The highest BCUT2D eigenvalue weighted by atomic mass is 35.5. The van der Waals surface area contributed by atoms with Crippen LogP contribution in [0.3, 0.4) is 0 Å². The Bertz CT molecular complexity index is 204. The number of nitrogens with zero attached hydrogens (tertiary/aromatic N) is 1. The van der Waals surface area contributed by atoms with Gasteiger partial charge < -0.3 is 10.1 Å². The fraction of sp³-hybridized carbons (Fsp3) is 0.667. The van der Waals surface area contributed by atoms with Gasteiger partial charge in [0.25, 0.3) is 0 Å². The minimum Gasteiger partial charge on any atom is -0.363 e. The molecule has 13 heavy (non-hydrogen) atoms. The number of ether oxygens (including phenoxy) is 1. The summed E-state index contributed by atoms with van der Waals surface area (Å²) in [4.78, 5) is 15.3. The zero-order valence-corrected chi connectivity index (χ0v) is 8.36. The van der Waals surface area contributed by atoms with E-state index in [1.807, 2.05) is 0 Å². The number of thioether (sulfide) groups is 1. The van der Waals surface area contributed by atoms with Crippen LogP contribution in [0.1, 0.15) is 0 Å². The van der Waals surface area contributed by atoms with Gasteiger partial charge in [-0.25, -0.2) is 4.79 Å². The number of nitrogens with one attached hydrogen (secondary N) is 1. The molecule has 0 saturated carbocycles. The van der Waals surface area contributed by atoms with Crippen LogP contribution in [0.25, 0.3) is 0 Å². The van der Waals surface area contributed by atoms with Crippen molar-refractivity contribution in [2.45, 2.75) is 0 Å². The summed E-state index contributed by atoms with van der Waals surface area (Å²) in [6, 6.07) is 0. The Hall–Kier alpha value is -0.460. The lowest BCUT2D eigenvalue weighted by atomic mass is 10.7. The summed E-state index contributed by atoms with van der Waals surface area (Å²) >= 11 is 6.75. The SMILES string of the molecule is O=C(NCCCl)O/N=C1/COCS1. The Morgan fingerprint density at radius 1 is 1.85 bits per heavy atom. The Morgan fingerprint density at radius 3 is 3.31 bits per heavy atom. The van der Waals surface area contributed by atoms with Crippen molar-refractivity contribution < 1.29 is 14.4 Å². The molecule has 1 N–H and O–H groups in total. The maximum Gasteiger partial charge on any atom is 0.433 e. The van der Waals surface area contributed by atoms with Gasteiger partial charge in [0.1, 0.15) is 5.04 Å². The smallest absolute Gasteiger partial charge is 0.363 e. The molecular weight excluding hydrogens is 216 g/mol. The molecule has 1 amide bonds. The molecule has 7 heteroatoms. The van der Waals surface area contributed by atoms with Crippen molar-refractivity contribution in [1.29, 1.82) is 0 Å². The minimum atomic E-state index is -0.597. The maximum absolute atomic E-state index is 10.8. The van der Waals surface area contributed by atoms with E-state index < -0.39 is 6.09 Å². The Balaban J connectivity index is 2.16. The van der Waals surface area contributed by atoms with Crippen molar-refractivity contribution in [2.75, 3.05) is 25.0 Å². The van der Waals surface area contributed by atoms with E-state index in [1.165, 1.54) is 11.8 Å². The van der Waals surface area contributed by atoms with Crippen molar-refractivity contribution in [3.63, 3.8) is 0 Å². The number of alkyl halides is 1. The van der Waals surface area contributed by atoms with Gasteiger partial charge in [0.05, 0.1) is 12.5 Å². The number of rotatable bonds is 3. The van der Waals surface area contributed by atoms with Crippen LogP contribution in [-0.2, 0) is 9.57 Å². The molecule has 0 aromatic heterocycles. The fourth-order valence-electron chi connectivity index (χ4n) is 0.607. The Morgan fingerprint density at radius 2 is 2.69 bits per heavy atom. The van der Waals surface area contributed by atoms with Crippen LogP contribution >= 0.6 is 23.4 Å². The molecule has 0 bridgehead atoms. The lowest BCUT2D eigenvalue weighted by Crippen LogP contribution is -2.24. The molecule has 74 valence electrons. The molecule has 1 aliphatic heterocycles.